The molecule has 0 saturated carbocycles. The molecule has 0 radical (unpaired) electrons. The van der Waals surface area contributed by atoms with Gasteiger partial charge in [-0.2, -0.15) is 0 Å². The van der Waals surface area contributed by atoms with E-state index in [2.05, 4.69) is 27.2 Å². The summed E-state index contributed by atoms with van der Waals surface area (Å²) in [5, 5.41) is 10.2. The summed E-state index contributed by atoms with van der Waals surface area (Å²) in [6.07, 6.45) is 0.932. The molecule has 2 N–H and O–H groups in total. The molecule has 0 saturated heterocycles. The predicted molar refractivity (Wildman–Crippen MR) is 131 cm³/mol. The summed E-state index contributed by atoms with van der Waals surface area (Å²) in [6, 6.07) is 9.63. The third kappa shape index (κ3) is 4.31. The number of hydrogen-bond donors (Lipinski definition) is 2. The van der Waals surface area contributed by atoms with E-state index in [4.69, 9.17) is 11.6 Å². The topological polar surface area (TPSA) is 75.6 Å². The van der Waals surface area contributed by atoms with E-state index in [0.29, 0.717) is 22.0 Å². The fourth-order valence-electron chi connectivity index (χ4n) is 4.08. The molecule has 3 atom stereocenters. The first-order chi connectivity index (χ1) is 14.9. The maximum Gasteiger partial charge on any atom is 0.412 e. The van der Waals surface area contributed by atoms with Crippen molar-refractivity contribution in [2.75, 3.05) is 4.90 Å². The molecule has 2 aromatic carbocycles. The quantitative estimate of drug-likeness (QED) is 0.259. The van der Waals surface area contributed by atoms with E-state index in [9.17, 15) is 18.8 Å². The number of halogens is 3. The maximum absolute atomic E-state index is 14.6. The van der Waals surface area contributed by atoms with E-state index in [1.807, 2.05) is 51.1 Å². The van der Waals surface area contributed by atoms with Gasteiger partial charge in [-0.1, -0.05) is 48.0 Å². The second-order valence-electron chi connectivity index (χ2n) is 8.64. The zero-order valence-corrected chi connectivity index (χ0v) is 21.2. The molecule has 1 aliphatic heterocycles. The van der Waals surface area contributed by atoms with Gasteiger partial charge in [0.1, 0.15) is 16.1 Å². The molecule has 2 unspecified atom stereocenters. The van der Waals surface area contributed by atoms with Crippen LogP contribution < -0.4 is 9.62 Å². The van der Waals surface area contributed by atoms with Gasteiger partial charge in [-0.05, 0) is 60.3 Å². The SMILES string of the molecule is C=CCC(N[S+]([O-])C(C)(C)C)[C@@]1(c2ccccc2)Cc2c(cc(F)c(Cl)c2Br)N1C(=O)O. The number of rotatable bonds is 6. The van der Waals surface area contributed by atoms with Crippen molar-refractivity contribution in [3.05, 3.63) is 75.5 Å². The molecule has 0 aliphatic carbocycles. The summed E-state index contributed by atoms with van der Waals surface area (Å²) in [4.78, 5) is 13.8. The average Bonchev–Trinajstić information content (AvgIpc) is 3.08. The lowest BCUT2D eigenvalue weighted by Gasteiger charge is -2.44. The number of hydrogen-bond acceptors (Lipinski definition) is 3. The molecule has 0 spiro atoms. The Morgan fingerprint density at radius 1 is 1.47 bits per heavy atom. The lowest BCUT2D eigenvalue weighted by Crippen LogP contribution is -2.62. The lowest BCUT2D eigenvalue weighted by molar-refractivity contribution is 0.187. The van der Waals surface area contributed by atoms with Crippen LogP contribution in [0.4, 0.5) is 14.9 Å². The number of nitrogens with one attached hydrogen (secondary N) is 1. The van der Waals surface area contributed by atoms with Crippen LogP contribution in [-0.2, 0) is 23.3 Å². The summed E-state index contributed by atoms with van der Waals surface area (Å²) in [6.45, 7) is 9.34. The Balaban J connectivity index is 2.31. The fraction of sp³-hybridized carbons (Fsp3) is 0.348. The van der Waals surface area contributed by atoms with Crippen molar-refractivity contribution >= 4 is 50.7 Å². The van der Waals surface area contributed by atoms with E-state index >= 15 is 0 Å². The highest BCUT2D eigenvalue weighted by atomic mass is 79.9. The van der Waals surface area contributed by atoms with Gasteiger partial charge in [0.15, 0.2) is 0 Å². The number of carboxylic acid groups (broad SMARTS) is 1. The molecule has 1 aliphatic rings. The lowest BCUT2D eigenvalue weighted by atomic mass is 9.78. The van der Waals surface area contributed by atoms with E-state index < -0.39 is 39.6 Å². The Morgan fingerprint density at radius 2 is 2.09 bits per heavy atom. The van der Waals surface area contributed by atoms with Crippen molar-refractivity contribution in [1.82, 2.24) is 4.72 Å². The number of benzene rings is 2. The van der Waals surface area contributed by atoms with Gasteiger partial charge in [-0.15, -0.1) is 11.3 Å². The summed E-state index contributed by atoms with van der Waals surface area (Å²) >= 11 is 8.00. The number of carbonyl (C=O) groups is 1. The first kappa shape index (κ1) is 25.1. The van der Waals surface area contributed by atoms with Gasteiger partial charge in [0.25, 0.3) is 0 Å². The van der Waals surface area contributed by atoms with Crippen LogP contribution in [0.25, 0.3) is 0 Å². The zero-order valence-electron chi connectivity index (χ0n) is 18.0. The number of nitrogens with zero attached hydrogens (tertiary/aromatic N) is 1. The van der Waals surface area contributed by atoms with E-state index in [-0.39, 0.29) is 17.1 Å². The summed E-state index contributed by atoms with van der Waals surface area (Å²) < 4.78 is 30.6. The van der Waals surface area contributed by atoms with Gasteiger partial charge >= 0.3 is 6.09 Å². The van der Waals surface area contributed by atoms with Gasteiger partial charge in [0.2, 0.25) is 0 Å². The summed E-state index contributed by atoms with van der Waals surface area (Å²) in [7, 11) is 0. The minimum Gasteiger partial charge on any atom is -0.598 e. The highest BCUT2D eigenvalue weighted by Crippen LogP contribution is 2.52. The Hall–Kier alpha value is -1.58. The molecule has 1 amide bonds. The highest BCUT2D eigenvalue weighted by molar-refractivity contribution is 9.10. The molecule has 32 heavy (non-hydrogen) atoms. The summed E-state index contributed by atoms with van der Waals surface area (Å²) in [5.41, 5.74) is 0.240. The third-order valence-electron chi connectivity index (χ3n) is 5.58. The fourth-order valence-corrected chi connectivity index (χ4v) is 5.68. The van der Waals surface area contributed by atoms with E-state index in [1.54, 1.807) is 6.08 Å². The van der Waals surface area contributed by atoms with Gasteiger partial charge in [-0.3, -0.25) is 4.90 Å². The van der Waals surface area contributed by atoms with Gasteiger partial charge in [0, 0.05) is 22.3 Å². The van der Waals surface area contributed by atoms with Gasteiger partial charge in [0.05, 0.1) is 16.8 Å². The molecule has 172 valence electrons. The van der Waals surface area contributed by atoms with Crippen LogP contribution in [0.5, 0.6) is 0 Å². The van der Waals surface area contributed by atoms with Crippen LogP contribution in [-0.4, -0.2) is 26.5 Å². The summed E-state index contributed by atoms with van der Waals surface area (Å²) in [5.74, 6) is -0.723. The first-order valence-corrected chi connectivity index (χ1v) is 12.3. The monoisotopic (exact) mass is 542 g/mol. The Labute approximate surface area is 204 Å². The molecule has 2 aromatic rings. The van der Waals surface area contributed by atoms with Crippen LogP contribution in [0.1, 0.15) is 38.3 Å². The van der Waals surface area contributed by atoms with Crippen LogP contribution in [0, 0.1) is 5.82 Å². The molecule has 0 bridgehead atoms. The van der Waals surface area contributed by atoms with Crippen LogP contribution in [0.15, 0.2) is 53.5 Å². The third-order valence-corrected chi connectivity index (χ3v) is 8.66. The minimum atomic E-state index is -1.50. The Kier molecular flexibility index (Phi) is 7.32. The maximum atomic E-state index is 14.6. The van der Waals surface area contributed by atoms with Gasteiger partial charge in [-0.25, -0.2) is 9.18 Å². The Morgan fingerprint density at radius 3 is 2.62 bits per heavy atom. The van der Waals surface area contributed by atoms with Crippen LogP contribution >= 0.6 is 27.5 Å². The highest BCUT2D eigenvalue weighted by Gasteiger charge is 2.56. The molecule has 0 fully saturated rings. The second kappa shape index (κ2) is 9.35. The normalized spacial score (nSPS) is 20.0. The van der Waals surface area contributed by atoms with Gasteiger partial charge < -0.3 is 9.66 Å². The van der Waals surface area contributed by atoms with E-state index in [1.165, 1.54) is 4.90 Å². The largest absolute Gasteiger partial charge is 0.598 e. The first-order valence-electron chi connectivity index (χ1n) is 9.99. The molecule has 3 rings (SSSR count). The zero-order chi connectivity index (χ0) is 23.8. The van der Waals surface area contributed by atoms with Crippen molar-refractivity contribution in [2.45, 2.75) is 49.9 Å². The van der Waals surface area contributed by atoms with Crippen molar-refractivity contribution in [2.24, 2.45) is 0 Å². The van der Waals surface area contributed by atoms with Crippen LogP contribution in [0.2, 0.25) is 5.02 Å². The molecule has 0 aromatic heterocycles. The molecular formula is C23H25BrClFN2O3S. The van der Waals surface area contributed by atoms with E-state index in [0.717, 1.165) is 6.07 Å². The number of amides is 1. The number of anilines is 1. The average molecular weight is 544 g/mol. The molecule has 9 heteroatoms. The van der Waals surface area contributed by atoms with Crippen LogP contribution in [0.3, 0.4) is 0 Å². The van der Waals surface area contributed by atoms with Crippen molar-refractivity contribution in [3.8, 4) is 0 Å². The molecular weight excluding hydrogens is 519 g/mol. The smallest absolute Gasteiger partial charge is 0.412 e. The Bertz CT molecular complexity index is 1030. The second-order valence-corrected chi connectivity index (χ2v) is 11.8. The standard InChI is InChI=1S/C23H25BrClFN2O3S/c1-5-9-18(27-32(31)22(2,3)4)23(14-10-7-6-8-11-14)13-15-17(28(23)21(29)30)12-16(26)20(25)19(15)24/h5-8,10-12,18,27H,1,9,13H2,2-4H3,(H,29,30)/t18?,23-,32?/m0/s1. The van der Waals surface area contributed by atoms with Crippen molar-refractivity contribution < 1.29 is 18.8 Å². The number of fused-ring (bicyclic) bond motifs is 1. The minimum absolute atomic E-state index is 0.107. The predicted octanol–water partition coefficient (Wildman–Crippen LogP) is 6.17. The molecule has 1 heterocycles. The molecule has 5 nitrogen and oxygen atoms in total. The van der Waals surface area contributed by atoms with Crippen molar-refractivity contribution in [1.29, 1.82) is 0 Å². The van der Waals surface area contributed by atoms with Crippen molar-refractivity contribution in [3.63, 3.8) is 0 Å².